The van der Waals surface area contributed by atoms with Crippen LogP contribution in [-0.2, 0) is 11.2 Å². The first-order valence-electron chi connectivity index (χ1n) is 11.6. The molecule has 1 amide bonds. The number of benzene rings is 1. The van der Waals surface area contributed by atoms with E-state index in [1.54, 1.807) is 0 Å². The molecule has 1 aromatic carbocycles. The van der Waals surface area contributed by atoms with Crippen molar-refractivity contribution in [2.75, 3.05) is 13.2 Å². The second kappa shape index (κ2) is 11.6. The van der Waals surface area contributed by atoms with Crippen LogP contribution in [0.2, 0.25) is 0 Å². The number of nitrogens with one attached hydrogen (secondary N) is 1. The van der Waals surface area contributed by atoms with Gasteiger partial charge in [-0.25, -0.2) is 0 Å². The molecule has 5 nitrogen and oxygen atoms in total. The molecule has 0 unspecified atom stereocenters. The molecule has 1 saturated carbocycles. The van der Waals surface area contributed by atoms with Gasteiger partial charge in [0.1, 0.15) is 0 Å². The molecule has 4 N–H and O–H groups in total. The van der Waals surface area contributed by atoms with E-state index in [1.165, 1.54) is 11.1 Å². The van der Waals surface area contributed by atoms with Crippen molar-refractivity contribution in [2.45, 2.75) is 64.1 Å². The molecule has 0 aliphatic heterocycles. The van der Waals surface area contributed by atoms with E-state index < -0.39 is 6.10 Å². The Morgan fingerprint density at radius 1 is 1.32 bits per heavy atom. The summed E-state index contributed by atoms with van der Waals surface area (Å²) in [5.41, 5.74) is 3.76. The quantitative estimate of drug-likeness (QED) is 0.323. The second-order valence-corrected chi connectivity index (χ2v) is 9.16. The highest BCUT2D eigenvalue weighted by Crippen LogP contribution is 2.48. The van der Waals surface area contributed by atoms with Gasteiger partial charge >= 0.3 is 0 Å². The molecule has 1 aromatic rings. The Labute approximate surface area is 185 Å². The Hall–Kier alpha value is -1.95. The molecule has 0 bridgehead atoms. The van der Waals surface area contributed by atoms with E-state index in [-0.39, 0.29) is 24.5 Å². The van der Waals surface area contributed by atoms with Crippen LogP contribution in [0.3, 0.4) is 0 Å². The maximum atomic E-state index is 11.6. The minimum Gasteiger partial charge on any atom is -0.395 e. The zero-order valence-corrected chi connectivity index (χ0v) is 18.5. The van der Waals surface area contributed by atoms with Crippen molar-refractivity contribution in [3.63, 3.8) is 0 Å². The Balaban J connectivity index is 1.44. The third-order valence-corrected chi connectivity index (χ3v) is 6.62. The normalized spacial score (nSPS) is 26.1. The van der Waals surface area contributed by atoms with Crippen LogP contribution < -0.4 is 5.32 Å². The van der Waals surface area contributed by atoms with Crippen molar-refractivity contribution < 1.29 is 20.1 Å². The lowest BCUT2D eigenvalue weighted by Gasteiger charge is -2.19. The molecular formula is C26H37NO4. The maximum absolute atomic E-state index is 11.6. The number of unbranched alkanes of at least 4 members (excludes halogenated alkanes) is 1. The Bertz CT molecular complexity index is 787. The third kappa shape index (κ3) is 7.03. The number of carbonyl (C=O) groups excluding carboxylic acids is 1. The number of fused-ring (bicyclic) bond motifs is 1. The van der Waals surface area contributed by atoms with E-state index in [0.29, 0.717) is 31.2 Å². The molecule has 0 aromatic heterocycles. The molecule has 0 radical (unpaired) electrons. The lowest BCUT2D eigenvalue weighted by atomic mass is 9.88. The third-order valence-electron chi connectivity index (χ3n) is 6.62. The molecular weight excluding hydrogens is 390 g/mol. The van der Waals surface area contributed by atoms with Crippen molar-refractivity contribution >= 4 is 5.91 Å². The molecule has 170 valence electrons. The first kappa shape index (κ1) is 23.7. The van der Waals surface area contributed by atoms with Gasteiger partial charge in [-0.15, -0.1) is 0 Å². The van der Waals surface area contributed by atoms with Crippen LogP contribution in [0, 0.1) is 24.7 Å². The predicted octanol–water partition coefficient (Wildman–Crippen LogP) is 3.07. The van der Waals surface area contributed by atoms with E-state index in [1.807, 2.05) is 24.3 Å². The number of aryl methyl sites for hydroxylation is 1. The number of hydrogen-bond acceptors (Lipinski definition) is 4. The first-order valence-corrected chi connectivity index (χ1v) is 11.6. The van der Waals surface area contributed by atoms with Gasteiger partial charge in [0, 0.05) is 25.3 Å². The van der Waals surface area contributed by atoms with Gasteiger partial charge in [0.15, 0.2) is 0 Å². The molecule has 0 saturated heterocycles. The molecule has 2 aliphatic rings. The zero-order valence-electron chi connectivity index (χ0n) is 18.5. The molecule has 2 aliphatic carbocycles. The fourth-order valence-electron chi connectivity index (χ4n) is 5.12. The summed E-state index contributed by atoms with van der Waals surface area (Å²) < 4.78 is 0. The lowest BCUT2D eigenvalue weighted by molar-refractivity contribution is -0.121. The molecule has 5 heteroatoms. The number of aliphatic hydroxyl groups excluding tert-OH is 3. The van der Waals surface area contributed by atoms with Crippen LogP contribution in [-0.4, -0.2) is 46.6 Å². The number of allylic oxidation sites excluding steroid dienone is 2. The monoisotopic (exact) mass is 427 g/mol. The van der Waals surface area contributed by atoms with Crippen molar-refractivity contribution in [1.82, 2.24) is 5.32 Å². The first-order chi connectivity index (χ1) is 15.0. The van der Waals surface area contributed by atoms with Gasteiger partial charge in [-0.2, -0.15) is 0 Å². The van der Waals surface area contributed by atoms with Gasteiger partial charge in [-0.1, -0.05) is 53.6 Å². The molecule has 3 rings (SSSR count). The van der Waals surface area contributed by atoms with Crippen LogP contribution in [0.4, 0.5) is 0 Å². The fourth-order valence-corrected chi connectivity index (χ4v) is 5.12. The summed E-state index contributed by atoms with van der Waals surface area (Å²) in [5.74, 6) is 0.931. The van der Waals surface area contributed by atoms with Crippen LogP contribution >= 0.6 is 0 Å². The molecule has 0 heterocycles. The van der Waals surface area contributed by atoms with Crippen molar-refractivity contribution in [1.29, 1.82) is 0 Å². The Morgan fingerprint density at radius 2 is 2.16 bits per heavy atom. The average Bonchev–Trinajstić information content (AvgIpc) is 3.24. The minimum atomic E-state index is -0.543. The average molecular weight is 428 g/mol. The smallest absolute Gasteiger partial charge is 0.220 e. The largest absolute Gasteiger partial charge is 0.395 e. The Morgan fingerprint density at radius 3 is 2.94 bits per heavy atom. The Kier molecular flexibility index (Phi) is 8.88. The fraction of sp³-hybridized carbons (Fsp3) is 0.577. The van der Waals surface area contributed by atoms with Gasteiger partial charge in [-0.05, 0) is 56.4 Å². The highest BCUT2D eigenvalue weighted by molar-refractivity contribution is 5.75. The van der Waals surface area contributed by atoms with E-state index in [0.717, 1.165) is 37.7 Å². The summed E-state index contributed by atoms with van der Waals surface area (Å²) in [7, 11) is 0. The van der Waals surface area contributed by atoms with Crippen LogP contribution in [0.5, 0.6) is 0 Å². The van der Waals surface area contributed by atoms with Gasteiger partial charge in [0.05, 0.1) is 18.8 Å². The van der Waals surface area contributed by atoms with E-state index in [4.69, 9.17) is 5.11 Å². The highest BCUT2D eigenvalue weighted by atomic mass is 16.3. The predicted molar refractivity (Wildman–Crippen MR) is 122 cm³/mol. The molecule has 1 fully saturated rings. The van der Waals surface area contributed by atoms with Crippen LogP contribution in [0.25, 0.3) is 0 Å². The molecule has 31 heavy (non-hydrogen) atoms. The van der Waals surface area contributed by atoms with E-state index in [2.05, 4.69) is 30.4 Å². The highest BCUT2D eigenvalue weighted by Gasteiger charge is 2.43. The van der Waals surface area contributed by atoms with Crippen molar-refractivity contribution in [3.8, 4) is 0 Å². The maximum Gasteiger partial charge on any atom is 0.220 e. The number of carbonyl (C=O) groups is 1. The van der Waals surface area contributed by atoms with E-state index >= 15 is 0 Å². The number of aliphatic hydroxyl groups is 3. The standard InChI is InChI=1S/C26H37NO4/c1-18-5-4-7-19(13-18)15-22(29)9-10-23-24-16-20(14-21(24)17-25(23)30)6-2-3-8-26(31)27-11-12-28/h4-5,7,9-10,13-14,21-25,28-30H,2-3,6,8,11-12,15-17H2,1H3,(H,27,31)/t21-,22-,23+,24-,25+/m0/s1. The van der Waals surface area contributed by atoms with Gasteiger partial charge < -0.3 is 20.6 Å². The minimum absolute atomic E-state index is 0.00358. The molecule has 5 atom stereocenters. The second-order valence-electron chi connectivity index (χ2n) is 9.16. The van der Waals surface area contributed by atoms with Crippen molar-refractivity contribution in [3.05, 3.63) is 59.2 Å². The van der Waals surface area contributed by atoms with Gasteiger partial charge in [0.25, 0.3) is 0 Å². The summed E-state index contributed by atoms with van der Waals surface area (Å²) in [5, 5.41) is 32.4. The van der Waals surface area contributed by atoms with Crippen LogP contribution in [0.1, 0.15) is 49.7 Å². The number of hydrogen-bond donors (Lipinski definition) is 4. The lowest BCUT2D eigenvalue weighted by Crippen LogP contribution is -2.25. The summed E-state index contributed by atoms with van der Waals surface area (Å²) in [6.45, 7) is 2.35. The van der Waals surface area contributed by atoms with E-state index in [9.17, 15) is 15.0 Å². The SMILES string of the molecule is Cc1cccc(C[C@@H](O)C=C[C@@H]2[C@H]3CC(CCCCC(=O)NCCO)=C[C@H]3C[C@H]2O)c1. The zero-order chi connectivity index (χ0) is 22.2. The topological polar surface area (TPSA) is 89.8 Å². The molecule has 0 spiro atoms. The number of amides is 1. The number of rotatable bonds is 11. The van der Waals surface area contributed by atoms with Gasteiger partial charge in [-0.3, -0.25) is 4.79 Å². The summed E-state index contributed by atoms with van der Waals surface area (Å²) in [4.78, 5) is 11.6. The summed E-state index contributed by atoms with van der Waals surface area (Å²) in [6, 6.07) is 8.20. The van der Waals surface area contributed by atoms with Gasteiger partial charge in [0.2, 0.25) is 5.91 Å². The van der Waals surface area contributed by atoms with Crippen molar-refractivity contribution in [2.24, 2.45) is 17.8 Å². The summed E-state index contributed by atoms with van der Waals surface area (Å²) in [6.07, 6.45) is 11.1. The summed E-state index contributed by atoms with van der Waals surface area (Å²) >= 11 is 0. The van der Waals surface area contributed by atoms with Crippen LogP contribution in [0.15, 0.2) is 48.1 Å².